The molecular formula is C21H29NO2Si. The van der Waals surface area contributed by atoms with E-state index in [9.17, 15) is 5.11 Å². The van der Waals surface area contributed by atoms with E-state index in [0.29, 0.717) is 6.61 Å². The van der Waals surface area contributed by atoms with Crippen molar-refractivity contribution >= 4 is 18.7 Å². The van der Waals surface area contributed by atoms with Crippen LogP contribution in [0.5, 0.6) is 0 Å². The Hall–Kier alpha value is -1.46. The molecule has 1 aliphatic rings. The number of aliphatic hydroxyl groups is 1. The van der Waals surface area contributed by atoms with Crippen molar-refractivity contribution in [3.05, 3.63) is 60.7 Å². The van der Waals surface area contributed by atoms with Crippen LogP contribution in [-0.4, -0.2) is 38.7 Å². The monoisotopic (exact) mass is 355 g/mol. The second-order valence-corrected chi connectivity index (χ2v) is 12.2. The third-order valence-corrected chi connectivity index (χ3v) is 10.2. The summed E-state index contributed by atoms with van der Waals surface area (Å²) in [5, 5.41) is 16.1. The summed E-state index contributed by atoms with van der Waals surface area (Å²) in [7, 11) is -2.50. The van der Waals surface area contributed by atoms with Gasteiger partial charge in [-0.25, -0.2) is 0 Å². The summed E-state index contributed by atoms with van der Waals surface area (Å²) < 4.78 is 6.84. The third-order valence-electron chi connectivity index (χ3n) is 5.21. The highest BCUT2D eigenvalue weighted by Gasteiger charge is 2.50. The Balaban J connectivity index is 2.05. The number of hydrogen-bond donors (Lipinski definition) is 2. The van der Waals surface area contributed by atoms with Crippen LogP contribution in [0.4, 0.5) is 0 Å². The van der Waals surface area contributed by atoms with Crippen molar-refractivity contribution in [1.82, 2.24) is 5.32 Å². The number of hydrogen-bond acceptors (Lipinski definition) is 3. The predicted molar refractivity (Wildman–Crippen MR) is 106 cm³/mol. The first-order chi connectivity index (χ1) is 11.9. The molecule has 25 heavy (non-hydrogen) atoms. The molecule has 4 heteroatoms. The minimum absolute atomic E-state index is 0.0154. The molecule has 0 amide bonds. The fourth-order valence-corrected chi connectivity index (χ4v) is 8.49. The molecule has 0 spiro atoms. The largest absolute Gasteiger partial charge is 0.406 e. The molecule has 1 saturated heterocycles. The summed E-state index contributed by atoms with van der Waals surface area (Å²) in [5.41, 5.74) is 0. The van der Waals surface area contributed by atoms with E-state index in [1.54, 1.807) is 0 Å². The molecule has 0 aromatic heterocycles. The zero-order valence-corrected chi connectivity index (χ0v) is 16.4. The number of benzene rings is 2. The van der Waals surface area contributed by atoms with Gasteiger partial charge < -0.3 is 14.8 Å². The molecule has 2 N–H and O–H groups in total. The van der Waals surface area contributed by atoms with E-state index < -0.39 is 8.32 Å². The average Bonchev–Trinajstić information content (AvgIpc) is 3.01. The van der Waals surface area contributed by atoms with Crippen molar-refractivity contribution in [1.29, 1.82) is 0 Å². The molecule has 2 unspecified atom stereocenters. The molecule has 0 bridgehead atoms. The van der Waals surface area contributed by atoms with Crippen LogP contribution in [-0.2, 0) is 4.43 Å². The summed E-state index contributed by atoms with van der Waals surface area (Å²) in [5.74, 6) is 0. The molecule has 134 valence electrons. The van der Waals surface area contributed by atoms with Gasteiger partial charge in [0.05, 0.1) is 18.8 Å². The standard InChI is InChI=1S/C21H29NO2Si/c1-21(2,3)25(17-10-6-4-7-11-17,18-12-8-5-9-13-18)24-16-19-20(23)14-15-22-19/h4-13,19-20,22-23H,14-16H2,1-3H3. The van der Waals surface area contributed by atoms with Gasteiger partial charge in [-0.15, -0.1) is 0 Å². The molecule has 0 aliphatic carbocycles. The van der Waals surface area contributed by atoms with Crippen molar-refractivity contribution in [2.24, 2.45) is 0 Å². The third kappa shape index (κ3) is 3.58. The highest BCUT2D eigenvalue weighted by molar-refractivity contribution is 6.99. The van der Waals surface area contributed by atoms with Gasteiger partial charge in [-0.2, -0.15) is 0 Å². The van der Waals surface area contributed by atoms with Crippen molar-refractivity contribution in [2.45, 2.75) is 44.4 Å². The Kier molecular flexibility index (Phi) is 5.44. The lowest BCUT2D eigenvalue weighted by Crippen LogP contribution is -2.67. The first kappa shape index (κ1) is 18.3. The zero-order valence-electron chi connectivity index (χ0n) is 15.4. The lowest BCUT2D eigenvalue weighted by atomic mass is 10.2. The van der Waals surface area contributed by atoms with E-state index in [2.05, 4.69) is 86.8 Å². The van der Waals surface area contributed by atoms with Crippen molar-refractivity contribution in [2.75, 3.05) is 13.2 Å². The summed E-state index contributed by atoms with van der Waals surface area (Å²) in [4.78, 5) is 0. The molecule has 1 aliphatic heterocycles. The molecule has 1 heterocycles. The maximum Gasteiger partial charge on any atom is 0.261 e. The summed E-state index contributed by atoms with van der Waals surface area (Å²) in [6.45, 7) is 8.22. The van der Waals surface area contributed by atoms with Crippen LogP contribution >= 0.6 is 0 Å². The molecular weight excluding hydrogens is 326 g/mol. The number of aliphatic hydroxyl groups excluding tert-OH is 1. The molecule has 3 nitrogen and oxygen atoms in total. The van der Waals surface area contributed by atoms with Crippen LogP contribution in [0.15, 0.2) is 60.7 Å². The van der Waals surface area contributed by atoms with Gasteiger partial charge in [-0.1, -0.05) is 81.4 Å². The lowest BCUT2D eigenvalue weighted by molar-refractivity contribution is 0.125. The fourth-order valence-electron chi connectivity index (χ4n) is 3.90. The second kappa shape index (κ2) is 7.42. The van der Waals surface area contributed by atoms with Crippen LogP contribution in [0.2, 0.25) is 5.04 Å². The maximum absolute atomic E-state index is 10.2. The van der Waals surface area contributed by atoms with Crippen LogP contribution in [0.3, 0.4) is 0 Å². The minimum Gasteiger partial charge on any atom is -0.406 e. The maximum atomic E-state index is 10.2. The van der Waals surface area contributed by atoms with E-state index >= 15 is 0 Å². The van der Waals surface area contributed by atoms with Gasteiger partial charge >= 0.3 is 0 Å². The van der Waals surface area contributed by atoms with E-state index in [4.69, 9.17) is 4.43 Å². The van der Waals surface area contributed by atoms with Gasteiger partial charge in [0, 0.05) is 0 Å². The SMILES string of the molecule is CC(C)(C)[Si](OCC1NCCC1O)(c1ccccc1)c1ccccc1. The van der Waals surface area contributed by atoms with Crippen LogP contribution < -0.4 is 15.7 Å². The first-order valence-corrected chi connectivity index (χ1v) is 11.0. The quantitative estimate of drug-likeness (QED) is 0.809. The highest BCUT2D eigenvalue weighted by atomic mass is 28.4. The van der Waals surface area contributed by atoms with Crippen LogP contribution in [0.25, 0.3) is 0 Å². The summed E-state index contributed by atoms with van der Waals surface area (Å²) in [6.07, 6.45) is 0.479. The second-order valence-electron chi connectivity index (χ2n) is 7.89. The Morgan fingerprint density at radius 1 is 1.00 bits per heavy atom. The zero-order chi connectivity index (χ0) is 17.9. The van der Waals surface area contributed by atoms with E-state index in [1.165, 1.54) is 10.4 Å². The molecule has 0 radical (unpaired) electrons. The molecule has 3 rings (SSSR count). The smallest absolute Gasteiger partial charge is 0.261 e. The fraction of sp³-hybridized carbons (Fsp3) is 0.429. The van der Waals surface area contributed by atoms with Crippen molar-refractivity contribution in [3.8, 4) is 0 Å². The number of nitrogens with one attached hydrogen (secondary N) is 1. The topological polar surface area (TPSA) is 41.5 Å². The Morgan fingerprint density at radius 3 is 1.92 bits per heavy atom. The summed E-state index contributed by atoms with van der Waals surface area (Å²) >= 11 is 0. The normalized spacial score (nSPS) is 21.4. The Bertz CT molecular complexity index is 630. The van der Waals surface area contributed by atoms with Crippen LogP contribution in [0, 0.1) is 0 Å². The molecule has 0 saturated carbocycles. The molecule has 2 aromatic carbocycles. The first-order valence-electron chi connectivity index (χ1n) is 9.11. The van der Waals surface area contributed by atoms with Crippen LogP contribution in [0.1, 0.15) is 27.2 Å². The number of rotatable bonds is 5. The van der Waals surface area contributed by atoms with Gasteiger partial charge in [0.25, 0.3) is 8.32 Å². The Morgan fingerprint density at radius 2 is 1.52 bits per heavy atom. The van der Waals surface area contributed by atoms with E-state index in [1.807, 2.05) is 0 Å². The van der Waals surface area contributed by atoms with E-state index in [-0.39, 0.29) is 17.2 Å². The van der Waals surface area contributed by atoms with Gasteiger partial charge in [0.2, 0.25) is 0 Å². The predicted octanol–water partition coefficient (Wildman–Crippen LogP) is 2.29. The molecule has 2 atom stereocenters. The van der Waals surface area contributed by atoms with Crippen molar-refractivity contribution < 1.29 is 9.53 Å². The van der Waals surface area contributed by atoms with Crippen molar-refractivity contribution in [3.63, 3.8) is 0 Å². The van der Waals surface area contributed by atoms with Gasteiger partial charge in [-0.3, -0.25) is 0 Å². The minimum atomic E-state index is -2.50. The molecule has 2 aromatic rings. The van der Waals surface area contributed by atoms with E-state index in [0.717, 1.165) is 13.0 Å². The Labute approximate surface area is 152 Å². The summed E-state index contributed by atoms with van der Waals surface area (Å²) in [6, 6.07) is 21.3. The highest BCUT2D eigenvalue weighted by Crippen LogP contribution is 2.37. The molecule has 1 fully saturated rings. The van der Waals surface area contributed by atoms with Gasteiger partial charge in [0.15, 0.2) is 0 Å². The average molecular weight is 356 g/mol. The van der Waals surface area contributed by atoms with Gasteiger partial charge in [-0.05, 0) is 28.4 Å². The lowest BCUT2D eigenvalue weighted by Gasteiger charge is -2.43. The van der Waals surface area contributed by atoms with Gasteiger partial charge in [0.1, 0.15) is 0 Å².